The smallest absolute Gasteiger partial charge is 0.145 e. The molecule has 4 heterocycles. The second-order valence-electron chi connectivity index (χ2n) is 17.6. The number of hydrogen-bond acceptors (Lipinski definition) is 1. The third-order valence-corrected chi connectivity index (χ3v) is 14.3. The van der Waals surface area contributed by atoms with Crippen LogP contribution in [-0.4, -0.2) is 13.7 Å². The highest BCUT2D eigenvalue weighted by Crippen LogP contribution is 2.50. The largest absolute Gasteiger partial charge is 0.455 e. The van der Waals surface area contributed by atoms with Gasteiger partial charge in [-0.3, -0.25) is 0 Å². The van der Waals surface area contributed by atoms with Crippen molar-refractivity contribution < 1.29 is 4.42 Å². The highest BCUT2D eigenvalue weighted by Gasteiger charge is 2.31. The number of nitrogens with zero attached hydrogens (tertiary/aromatic N) is 3. The molecule has 0 spiro atoms. The highest BCUT2D eigenvalue weighted by molar-refractivity contribution is 6.29. The fourth-order valence-electron chi connectivity index (χ4n) is 11.6. The highest BCUT2D eigenvalue weighted by atomic mass is 16.3. The van der Waals surface area contributed by atoms with Gasteiger partial charge in [0.05, 0.1) is 43.9 Å². The molecular formula is C61H37N3O. The number of para-hydroxylation sites is 4. The van der Waals surface area contributed by atoms with Crippen molar-refractivity contribution in [2.75, 3.05) is 0 Å². The third-order valence-electron chi connectivity index (χ3n) is 14.3. The summed E-state index contributed by atoms with van der Waals surface area (Å²) in [4.78, 5) is 0. The maximum absolute atomic E-state index is 7.33. The van der Waals surface area contributed by atoms with Crippen LogP contribution < -0.4 is 0 Å². The van der Waals surface area contributed by atoms with Crippen molar-refractivity contribution in [3.63, 3.8) is 0 Å². The Morgan fingerprint density at radius 1 is 0.292 bits per heavy atom. The first-order chi connectivity index (χ1) is 32.3. The summed E-state index contributed by atoms with van der Waals surface area (Å²) in [7, 11) is 0. The van der Waals surface area contributed by atoms with Crippen molar-refractivity contribution >= 4 is 87.4 Å². The zero-order valence-corrected chi connectivity index (χ0v) is 35.1. The lowest BCUT2D eigenvalue weighted by molar-refractivity contribution is 0.677. The average molecular weight is 828 g/mol. The van der Waals surface area contributed by atoms with Crippen LogP contribution in [0.1, 0.15) is 22.6 Å². The predicted molar refractivity (Wildman–Crippen MR) is 270 cm³/mol. The van der Waals surface area contributed by atoms with Crippen LogP contribution in [0.15, 0.2) is 223 Å². The average Bonchev–Trinajstić information content (AvgIpc) is 4.17. The Morgan fingerprint density at radius 3 is 1.45 bits per heavy atom. The summed E-state index contributed by atoms with van der Waals surface area (Å²) in [5, 5.41) is 9.31. The van der Waals surface area contributed by atoms with Gasteiger partial charge in [0.25, 0.3) is 0 Å². The van der Waals surface area contributed by atoms with E-state index in [0.29, 0.717) is 0 Å². The molecule has 0 saturated carbocycles. The van der Waals surface area contributed by atoms with Crippen molar-refractivity contribution in [1.82, 2.24) is 13.7 Å². The lowest BCUT2D eigenvalue weighted by Gasteiger charge is -2.15. The Labute approximate surface area is 373 Å². The summed E-state index contributed by atoms with van der Waals surface area (Å²) in [6.45, 7) is 0. The zero-order valence-electron chi connectivity index (χ0n) is 35.1. The van der Waals surface area contributed by atoms with E-state index < -0.39 is 0 Å². The van der Waals surface area contributed by atoms with Gasteiger partial charge in [-0.05, 0) is 113 Å². The first-order valence-corrected chi connectivity index (χ1v) is 22.5. The van der Waals surface area contributed by atoms with E-state index in [-0.39, 0.29) is 5.92 Å². The van der Waals surface area contributed by atoms with Crippen LogP contribution in [0, 0.1) is 0 Å². The van der Waals surface area contributed by atoms with Crippen molar-refractivity contribution in [1.29, 1.82) is 0 Å². The molecular weight excluding hydrogens is 791 g/mol. The molecule has 1 unspecified atom stereocenters. The summed E-state index contributed by atoms with van der Waals surface area (Å²) < 4.78 is 14.6. The van der Waals surface area contributed by atoms with E-state index in [4.69, 9.17) is 4.42 Å². The van der Waals surface area contributed by atoms with Gasteiger partial charge in [0.2, 0.25) is 0 Å². The molecule has 0 radical (unpaired) electrons. The van der Waals surface area contributed by atoms with E-state index in [1.165, 1.54) is 60.4 Å². The van der Waals surface area contributed by atoms with Gasteiger partial charge in [-0.15, -0.1) is 0 Å². The van der Waals surface area contributed by atoms with E-state index in [1.54, 1.807) is 0 Å². The van der Waals surface area contributed by atoms with Crippen LogP contribution >= 0.6 is 0 Å². The second kappa shape index (κ2) is 13.0. The summed E-state index contributed by atoms with van der Waals surface area (Å²) >= 11 is 0. The molecule has 4 nitrogen and oxygen atoms in total. The minimum Gasteiger partial charge on any atom is -0.455 e. The number of aromatic nitrogens is 3. The van der Waals surface area contributed by atoms with E-state index >= 15 is 0 Å². The first kappa shape index (κ1) is 34.9. The molecule has 65 heavy (non-hydrogen) atoms. The van der Waals surface area contributed by atoms with Crippen LogP contribution in [0.5, 0.6) is 0 Å². The lowest BCUT2D eigenvalue weighted by atomic mass is 9.89. The normalized spacial score (nSPS) is 13.7. The Balaban J connectivity index is 0.952. The molecule has 15 rings (SSSR count). The standard InChI is InChI=1S/C61H37N3O/c1-3-15-37(16-4-1)57-43-21-8-7-19-41(43)49-35-39(27-29-44(49)57)63-52-25-13-10-22-47(52)58-55(63)33-30-45-46-31-34-56-59(61(46)65-60(45)58)48-23-11-14-26-53(48)64(56)40-28-32-54-50(36-40)42-20-9-12-24-51(42)62(54)38-17-5-2-6-18-38/h1-36,57H. The van der Waals surface area contributed by atoms with Crippen LogP contribution in [0.3, 0.4) is 0 Å². The molecule has 10 aromatic carbocycles. The van der Waals surface area contributed by atoms with Gasteiger partial charge in [-0.2, -0.15) is 0 Å². The Kier molecular flexibility index (Phi) is 6.97. The maximum atomic E-state index is 7.33. The van der Waals surface area contributed by atoms with Gasteiger partial charge in [-0.1, -0.05) is 133 Å². The van der Waals surface area contributed by atoms with Crippen LogP contribution in [0.25, 0.3) is 116 Å². The molecule has 0 N–H and O–H groups in total. The topological polar surface area (TPSA) is 27.9 Å². The Morgan fingerprint density at radius 2 is 0.769 bits per heavy atom. The SMILES string of the molecule is c1ccc(C2c3ccccc3-c3cc(-n4c5ccccc5c5c6oc7c(ccc8c7c7ccccc7n8-c7ccc8c(c7)c7ccccc7n8-c7ccccc7)c6ccc54)ccc32)cc1. The first-order valence-electron chi connectivity index (χ1n) is 22.5. The lowest BCUT2D eigenvalue weighted by Crippen LogP contribution is -1.99. The molecule has 4 heteroatoms. The Bertz CT molecular complexity index is 4300. The number of fused-ring (bicyclic) bond motifs is 17. The summed E-state index contributed by atoms with van der Waals surface area (Å²) in [6, 6.07) is 79.9. The van der Waals surface area contributed by atoms with E-state index in [9.17, 15) is 0 Å². The minimum absolute atomic E-state index is 0.206. The minimum atomic E-state index is 0.206. The van der Waals surface area contributed by atoms with Crippen molar-refractivity contribution in [2.24, 2.45) is 0 Å². The number of benzene rings is 10. The van der Waals surface area contributed by atoms with E-state index in [0.717, 1.165) is 71.8 Å². The third kappa shape index (κ3) is 4.70. The molecule has 4 aromatic heterocycles. The van der Waals surface area contributed by atoms with Crippen LogP contribution in [0.4, 0.5) is 0 Å². The van der Waals surface area contributed by atoms with Crippen LogP contribution in [0.2, 0.25) is 0 Å². The molecule has 0 aliphatic heterocycles. The van der Waals surface area contributed by atoms with Gasteiger partial charge >= 0.3 is 0 Å². The van der Waals surface area contributed by atoms with Crippen molar-refractivity contribution in [3.05, 3.63) is 235 Å². The maximum Gasteiger partial charge on any atom is 0.145 e. The van der Waals surface area contributed by atoms with Gasteiger partial charge in [0.15, 0.2) is 0 Å². The predicted octanol–water partition coefficient (Wildman–Crippen LogP) is 16.0. The fraction of sp³-hybridized carbons (Fsp3) is 0.0164. The number of furan rings is 1. The van der Waals surface area contributed by atoms with Crippen molar-refractivity contribution in [2.45, 2.75) is 5.92 Å². The van der Waals surface area contributed by atoms with Crippen LogP contribution in [-0.2, 0) is 0 Å². The van der Waals surface area contributed by atoms with E-state index in [1.807, 2.05) is 0 Å². The van der Waals surface area contributed by atoms with Gasteiger partial charge in [0, 0.05) is 55.3 Å². The van der Waals surface area contributed by atoms with Gasteiger partial charge in [-0.25, -0.2) is 0 Å². The number of hydrogen-bond donors (Lipinski definition) is 0. The fourth-order valence-corrected chi connectivity index (χ4v) is 11.6. The van der Waals surface area contributed by atoms with Gasteiger partial charge in [0.1, 0.15) is 11.2 Å². The second-order valence-corrected chi connectivity index (χ2v) is 17.6. The molecule has 302 valence electrons. The molecule has 1 aliphatic carbocycles. The zero-order chi connectivity index (χ0) is 42.3. The molecule has 0 amide bonds. The molecule has 1 atom stereocenters. The molecule has 1 aliphatic rings. The molecule has 0 bridgehead atoms. The van der Waals surface area contributed by atoms with Gasteiger partial charge < -0.3 is 18.1 Å². The summed E-state index contributed by atoms with van der Waals surface area (Å²) in [5.74, 6) is 0.206. The number of rotatable bonds is 4. The Hall–Kier alpha value is -8.60. The summed E-state index contributed by atoms with van der Waals surface area (Å²) in [5.41, 5.74) is 18.8. The quantitative estimate of drug-likeness (QED) is 0.174. The molecule has 0 fully saturated rings. The van der Waals surface area contributed by atoms with E-state index in [2.05, 4.69) is 232 Å². The molecule has 0 saturated heterocycles. The summed E-state index contributed by atoms with van der Waals surface area (Å²) in [6.07, 6.45) is 0. The monoisotopic (exact) mass is 827 g/mol. The molecule has 14 aromatic rings. The van der Waals surface area contributed by atoms with Crippen molar-refractivity contribution in [3.8, 4) is 28.2 Å².